The van der Waals surface area contributed by atoms with Gasteiger partial charge < -0.3 is 10.6 Å². The Morgan fingerprint density at radius 1 is 1.30 bits per heavy atom. The maximum Gasteiger partial charge on any atom is 0.226 e. The predicted molar refractivity (Wildman–Crippen MR) is 96.8 cm³/mol. The molecular formula is C17H21N3OS2. The predicted octanol–water partition coefficient (Wildman–Crippen LogP) is 4.39. The van der Waals surface area contributed by atoms with Crippen molar-refractivity contribution in [3.63, 3.8) is 0 Å². The van der Waals surface area contributed by atoms with Gasteiger partial charge in [0.1, 0.15) is 11.1 Å². The molecule has 2 aromatic rings. The van der Waals surface area contributed by atoms with Crippen LogP contribution in [0.3, 0.4) is 0 Å². The average molecular weight is 348 g/mol. The monoisotopic (exact) mass is 347 g/mol. The summed E-state index contributed by atoms with van der Waals surface area (Å²) in [5.74, 6) is -0.0738. The van der Waals surface area contributed by atoms with Crippen molar-refractivity contribution in [1.29, 1.82) is 5.26 Å². The highest BCUT2D eigenvalue weighted by Gasteiger charge is 2.26. The van der Waals surface area contributed by atoms with E-state index in [0.717, 1.165) is 0 Å². The van der Waals surface area contributed by atoms with Crippen molar-refractivity contribution < 1.29 is 4.79 Å². The molecule has 4 nitrogen and oxygen atoms in total. The molecule has 0 spiro atoms. The van der Waals surface area contributed by atoms with Gasteiger partial charge in [0.05, 0.1) is 5.56 Å². The van der Waals surface area contributed by atoms with Crippen LogP contribution in [-0.2, 0) is 4.79 Å². The van der Waals surface area contributed by atoms with Crippen LogP contribution in [0.4, 0.5) is 5.00 Å². The second-order valence-electron chi connectivity index (χ2n) is 6.34. The number of nitrogens with zero attached hydrogens (tertiary/aromatic N) is 1. The van der Waals surface area contributed by atoms with Gasteiger partial charge in [-0.15, -0.1) is 22.7 Å². The van der Waals surface area contributed by atoms with Crippen LogP contribution in [0.15, 0.2) is 29.0 Å². The lowest BCUT2D eigenvalue weighted by Gasteiger charge is -2.31. The topological polar surface area (TPSA) is 64.9 Å². The van der Waals surface area contributed by atoms with E-state index in [2.05, 4.69) is 48.9 Å². The normalized spacial score (nSPS) is 12.6. The molecule has 1 unspecified atom stereocenters. The molecule has 1 atom stereocenters. The number of hydrogen-bond donors (Lipinski definition) is 2. The summed E-state index contributed by atoms with van der Waals surface area (Å²) in [6, 6.07) is 8.18. The zero-order valence-corrected chi connectivity index (χ0v) is 15.2. The van der Waals surface area contributed by atoms with E-state index in [4.69, 9.17) is 5.26 Å². The third-order valence-corrected chi connectivity index (χ3v) is 5.20. The van der Waals surface area contributed by atoms with Crippen LogP contribution in [0.1, 0.15) is 43.7 Å². The minimum atomic E-state index is -0.0738. The van der Waals surface area contributed by atoms with E-state index in [0.29, 0.717) is 23.5 Å². The van der Waals surface area contributed by atoms with Crippen LogP contribution in [-0.4, -0.2) is 12.5 Å². The molecule has 0 saturated heterocycles. The number of nitrogens with one attached hydrogen (secondary N) is 2. The summed E-state index contributed by atoms with van der Waals surface area (Å²) in [5.41, 5.74) is 0.589. The highest BCUT2D eigenvalue weighted by Crippen LogP contribution is 2.35. The van der Waals surface area contributed by atoms with Gasteiger partial charge in [-0.05, 0) is 28.3 Å². The average Bonchev–Trinajstić information content (AvgIpc) is 3.13. The maximum absolute atomic E-state index is 12.0. The van der Waals surface area contributed by atoms with Crippen LogP contribution in [0.25, 0.3) is 0 Å². The van der Waals surface area contributed by atoms with E-state index in [9.17, 15) is 4.79 Å². The van der Waals surface area contributed by atoms with Gasteiger partial charge >= 0.3 is 0 Å². The van der Waals surface area contributed by atoms with Crippen LogP contribution in [0, 0.1) is 16.7 Å². The fraction of sp³-hybridized carbons (Fsp3) is 0.412. The lowest BCUT2D eigenvalue weighted by Crippen LogP contribution is -2.33. The fourth-order valence-corrected chi connectivity index (χ4v) is 4.10. The minimum absolute atomic E-state index is 0.0725. The van der Waals surface area contributed by atoms with Gasteiger partial charge in [0.2, 0.25) is 5.91 Å². The minimum Gasteiger partial charge on any atom is -0.317 e. The number of rotatable bonds is 6. The number of amides is 1. The molecule has 1 amide bonds. The molecule has 0 aliphatic rings. The second-order valence-corrected chi connectivity index (χ2v) is 8.24. The van der Waals surface area contributed by atoms with Gasteiger partial charge in [0, 0.05) is 23.9 Å². The molecule has 122 valence electrons. The molecule has 2 N–H and O–H groups in total. The highest BCUT2D eigenvalue weighted by atomic mass is 32.1. The van der Waals surface area contributed by atoms with Gasteiger partial charge in [-0.3, -0.25) is 4.79 Å². The SMILES string of the molecule is CC(C)(C)C(NCCC(=O)Nc1sccc1C#N)c1cccs1. The largest absolute Gasteiger partial charge is 0.317 e. The van der Waals surface area contributed by atoms with Gasteiger partial charge in [-0.2, -0.15) is 5.26 Å². The summed E-state index contributed by atoms with van der Waals surface area (Å²) in [7, 11) is 0. The third-order valence-electron chi connectivity index (χ3n) is 3.43. The van der Waals surface area contributed by atoms with Crippen molar-refractivity contribution in [3.8, 4) is 6.07 Å². The summed E-state index contributed by atoms with van der Waals surface area (Å²) in [6.07, 6.45) is 0.376. The van der Waals surface area contributed by atoms with Crippen LogP contribution >= 0.6 is 22.7 Å². The highest BCUT2D eigenvalue weighted by molar-refractivity contribution is 7.14. The van der Waals surface area contributed by atoms with E-state index in [-0.39, 0.29) is 17.4 Å². The van der Waals surface area contributed by atoms with Crippen molar-refractivity contribution in [1.82, 2.24) is 5.32 Å². The van der Waals surface area contributed by atoms with Crippen molar-refractivity contribution in [2.75, 3.05) is 11.9 Å². The summed E-state index contributed by atoms with van der Waals surface area (Å²) >= 11 is 3.10. The van der Waals surface area contributed by atoms with Gasteiger partial charge in [0.25, 0.3) is 0 Å². The van der Waals surface area contributed by atoms with Crippen molar-refractivity contribution in [3.05, 3.63) is 39.4 Å². The van der Waals surface area contributed by atoms with Crippen molar-refractivity contribution >= 4 is 33.6 Å². The van der Waals surface area contributed by atoms with E-state index in [1.807, 2.05) is 6.07 Å². The first-order chi connectivity index (χ1) is 10.9. The van der Waals surface area contributed by atoms with Gasteiger partial charge in [-0.25, -0.2) is 0 Å². The lowest BCUT2D eigenvalue weighted by atomic mass is 9.85. The maximum atomic E-state index is 12.0. The number of nitriles is 1. The number of thiophene rings is 2. The van der Waals surface area contributed by atoms with Crippen LogP contribution in [0.5, 0.6) is 0 Å². The van der Waals surface area contributed by atoms with Crippen molar-refractivity contribution in [2.24, 2.45) is 5.41 Å². The third kappa shape index (κ3) is 4.90. The molecule has 0 bridgehead atoms. The zero-order chi connectivity index (χ0) is 16.9. The molecule has 6 heteroatoms. The molecule has 0 radical (unpaired) electrons. The molecule has 0 saturated carbocycles. The first kappa shape index (κ1) is 17.7. The lowest BCUT2D eigenvalue weighted by molar-refractivity contribution is -0.116. The zero-order valence-electron chi connectivity index (χ0n) is 13.6. The molecule has 2 aromatic heterocycles. The Morgan fingerprint density at radius 2 is 2.09 bits per heavy atom. The van der Waals surface area contributed by atoms with Gasteiger partial charge in [-0.1, -0.05) is 26.8 Å². The Labute approximate surface area is 145 Å². The molecule has 2 heterocycles. The number of carbonyl (C=O) groups is 1. The molecule has 0 aliphatic carbocycles. The molecule has 2 rings (SSSR count). The Hall–Kier alpha value is -1.68. The van der Waals surface area contributed by atoms with Crippen LogP contribution in [0.2, 0.25) is 0 Å². The summed E-state index contributed by atoms with van der Waals surface area (Å²) in [5, 5.41) is 19.8. The Morgan fingerprint density at radius 3 is 2.70 bits per heavy atom. The molecule has 23 heavy (non-hydrogen) atoms. The van der Waals surface area contributed by atoms with E-state index >= 15 is 0 Å². The molecular weight excluding hydrogens is 326 g/mol. The summed E-state index contributed by atoms with van der Waals surface area (Å²) in [4.78, 5) is 13.3. The van der Waals surface area contributed by atoms with E-state index < -0.39 is 0 Å². The van der Waals surface area contributed by atoms with E-state index in [1.165, 1.54) is 16.2 Å². The smallest absolute Gasteiger partial charge is 0.226 e. The first-order valence-electron chi connectivity index (χ1n) is 7.46. The molecule has 0 fully saturated rings. The van der Waals surface area contributed by atoms with Crippen molar-refractivity contribution in [2.45, 2.75) is 33.2 Å². The fourth-order valence-electron chi connectivity index (χ4n) is 2.30. The number of anilines is 1. The van der Waals surface area contributed by atoms with E-state index in [1.54, 1.807) is 22.8 Å². The molecule has 0 aliphatic heterocycles. The van der Waals surface area contributed by atoms with Gasteiger partial charge in [0.15, 0.2) is 0 Å². The summed E-state index contributed by atoms with van der Waals surface area (Å²) in [6.45, 7) is 7.17. The standard InChI is InChI=1S/C17H21N3OS2/c1-17(2,3)15(13-5-4-9-22-13)19-8-6-14(21)20-16-12(11-18)7-10-23-16/h4-5,7,9-10,15,19H,6,8H2,1-3H3,(H,20,21). The number of hydrogen-bond acceptors (Lipinski definition) is 5. The second kappa shape index (κ2) is 7.73. The Bertz CT molecular complexity index is 678. The Kier molecular flexibility index (Phi) is 5.94. The molecule has 0 aromatic carbocycles. The summed E-state index contributed by atoms with van der Waals surface area (Å²) < 4.78 is 0. The van der Waals surface area contributed by atoms with Crippen LogP contribution < -0.4 is 10.6 Å². The Balaban J connectivity index is 1.88. The quantitative estimate of drug-likeness (QED) is 0.814. The first-order valence-corrected chi connectivity index (χ1v) is 9.22. The number of carbonyl (C=O) groups excluding carboxylic acids is 1.